The summed E-state index contributed by atoms with van der Waals surface area (Å²) in [7, 11) is 0. The monoisotopic (exact) mass is 352 g/mol. The van der Waals surface area contributed by atoms with Crippen molar-refractivity contribution in [2.24, 2.45) is 0 Å². The van der Waals surface area contributed by atoms with Crippen LogP contribution in [0.15, 0.2) is 18.2 Å². The molecule has 1 aromatic carbocycles. The number of ether oxygens (including phenoxy) is 4. The second kappa shape index (κ2) is 10.9. The fraction of sp³-hybridized carbons (Fsp3) is 0.714. The van der Waals surface area contributed by atoms with Crippen molar-refractivity contribution in [3.8, 4) is 0 Å². The maximum atomic E-state index is 5.88. The van der Waals surface area contributed by atoms with Crippen LogP contribution >= 0.6 is 0 Å². The average molecular weight is 353 g/mol. The molecule has 0 spiro atoms. The molecule has 0 fully saturated rings. The van der Waals surface area contributed by atoms with E-state index in [4.69, 9.17) is 18.9 Å². The highest BCUT2D eigenvalue weighted by atomic mass is 16.7. The van der Waals surface area contributed by atoms with E-state index >= 15 is 0 Å². The van der Waals surface area contributed by atoms with E-state index in [9.17, 15) is 0 Å². The largest absolute Gasteiger partial charge is 0.349 e. The van der Waals surface area contributed by atoms with Crippen LogP contribution in [-0.2, 0) is 24.4 Å². The van der Waals surface area contributed by atoms with Crippen molar-refractivity contribution in [2.45, 2.75) is 72.9 Å². The van der Waals surface area contributed by atoms with E-state index in [-0.39, 0.29) is 5.41 Å². The Labute approximate surface area is 153 Å². The van der Waals surface area contributed by atoms with Crippen molar-refractivity contribution in [3.05, 3.63) is 34.9 Å². The minimum atomic E-state index is -0.416. The summed E-state index contributed by atoms with van der Waals surface area (Å²) in [4.78, 5) is 0. The lowest BCUT2D eigenvalue weighted by Crippen LogP contribution is -2.20. The zero-order valence-electron chi connectivity index (χ0n) is 17.1. The van der Waals surface area contributed by atoms with Gasteiger partial charge < -0.3 is 18.9 Å². The molecule has 0 aliphatic rings. The quantitative estimate of drug-likeness (QED) is 0.464. The lowest BCUT2D eigenvalue weighted by atomic mass is 9.81. The number of rotatable bonds is 12. The van der Waals surface area contributed by atoms with E-state index < -0.39 is 12.6 Å². The van der Waals surface area contributed by atoms with Gasteiger partial charge in [0, 0.05) is 37.6 Å². The first kappa shape index (κ1) is 22.1. The summed E-state index contributed by atoms with van der Waals surface area (Å²) < 4.78 is 23.4. The summed E-state index contributed by atoms with van der Waals surface area (Å²) in [6.07, 6.45) is 0.230. The van der Waals surface area contributed by atoms with Crippen molar-refractivity contribution < 1.29 is 18.9 Å². The predicted octanol–water partition coefficient (Wildman–Crippen LogP) is 5.52. The lowest BCUT2D eigenvalue weighted by Gasteiger charge is -2.29. The molecule has 0 heterocycles. The van der Waals surface area contributed by atoms with Crippen LogP contribution in [-0.4, -0.2) is 26.4 Å². The van der Waals surface area contributed by atoms with E-state index in [1.165, 1.54) is 5.56 Å². The van der Waals surface area contributed by atoms with Crippen LogP contribution in [0.5, 0.6) is 0 Å². The second-order valence-electron chi connectivity index (χ2n) is 6.57. The second-order valence-corrected chi connectivity index (χ2v) is 6.57. The summed E-state index contributed by atoms with van der Waals surface area (Å²) in [5.41, 5.74) is 3.33. The topological polar surface area (TPSA) is 36.9 Å². The zero-order chi connectivity index (χ0) is 18.9. The van der Waals surface area contributed by atoms with Gasteiger partial charge in [0.25, 0.3) is 0 Å². The van der Waals surface area contributed by atoms with E-state index in [2.05, 4.69) is 39.0 Å². The average Bonchev–Trinajstić information content (AvgIpc) is 2.61. The lowest BCUT2D eigenvalue weighted by molar-refractivity contribution is -0.156. The molecule has 0 unspecified atom stereocenters. The summed E-state index contributed by atoms with van der Waals surface area (Å²) in [6.45, 7) is 17.0. The van der Waals surface area contributed by atoms with Crippen LogP contribution in [0.1, 0.15) is 84.2 Å². The van der Waals surface area contributed by atoms with Crippen LogP contribution in [0.2, 0.25) is 0 Å². The van der Waals surface area contributed by atoms with Gasteiger partial charge in [-0.25, -0.2) is 0 Å². The van der Waals surface area contributed by atoms with Gasteiger partial charge in [0.05, 0.1) is 0 Å². The predicted molar refractivity (Wildman–Crippen MR) is 102 cm³/mol. The highest BCUT2D eigenvalue weighted by Crippen LogP contribution is 2.35. The summed E-state index contributed by atoms with van der Waals surface area (Å²) in [5.74, 6) is 0. The Morgan fingerprint density at radius 2 is 1.16 bits per heavy atom. The van der Waals surface area contributed by atoms with Crippen molar-refractivity contribution >= 4 is 0 Å². The molecule has 0 aliphatic carbocycles. The minimum absolute atomic E-state index is 0.0863. The van der Waals surface area contributed by atoms with E-state index in [0.717, 1.165) is 17.5 Å². The Morgan fingerprint density at radius 1 is 0.720 bits per heavy atom. The first-order chi connectivity index (χ1) is 11.9. The van der Waals surface area contributed by atoms with Crippen LogP contribution in [0, 0.1) is 0 Å². The maximum absolute atomic E-state index is 5.88. The molecule has 0 aliphatic heterocycles. The smallest absolute Gasteiger partial charge is 0.184 e. The molecule has 144 valence electrons. The fourth-order valence-corrected chi connectivity index (χ4v) is 2.68. The molecule has 0 aromatic heterocycles. The van der Waals surface area contributed by atoms with Gasteiger partial charge >= 0.3 is 0 Å². The van der Waals surface area contributed by atoms with E-state index in [1.54, 1.807) is 0 Å². The van der Waals surface area contributed by atoms with Crippen molar-refractivity contribution in [2.75, 3.05) is 26.4 Å². The third-order valence-corrected chi connectivity index (χ3v) is 4.53. The Hall–Kier alpha value is -0.940. The molecular formula is C21H36O4. The van der Waals surface area contributed by atoms with Gasteiger partial charge in [0.2, 0.25) is 0 Å². The van der Waals surface area contributed by atoms with E-state index in [0.29, 0.717) is 26.4 Å². The van der Waals surface area contributed by atoms with Gasteiger partial charge in [-0.05, 0) is 51.2 Å². The molecule has 0 atom stereocenters. The van der Waals surface area contributed by atoms with Crippen LogP contribution < -0.4 is 0 Å². The van der Waals surface area contributed by atoms with Crippen LogP contribution in [0.4, 0.5) is 0 Å². The standard InChI is InChI=1S/C21H36O4/c1-8-21(6,7)16-13-14-17(19(22-9-2)23-10-3)18(15-16)20(24-11-4)25-12-5/h13-15,19-20H,8-12H2,1-7H3. The third-order valence-electron chi connectivity index (χ3n) is 4.53. The molecule has 4 heteroatoms. The fourth-order valence-electron chi connectivity index (χ4n) is 2.68. The maximum Gasteiger partial charge on any atom is 0.184 e. The highest BCUT2D eigenvalue weighted by Gasteiger charge is 2.26. The van der Waals surface area contributed by atoms with Gasteiger partial charge in [-0.15, -0.1) is 0 Å². The first-order valence-electron chi connectivity index (χ1n) is 9.55. The van der Waals surface area contributed by atoms with Gasteiger partial charge in [-0.3, -0.25) is 0 Å². The molecule has 4 nitrogen and oxygen atoms in total. The Balaban J connectivity index is 3.42. The number of hydrogen-bond acceptors (Lipinski definition) is 4. The molecule has 1 aromatic rings. The van der Waals surface area contributed by atoms with Crippen molar-refractivity contribution in [1.82, 2.24) is 0 Å². The summed E-state index contributed by atoms with van der Waals surface area (Å²) in [5, 5.41) is 0. The molecule has 0 radical (unpaired) electrons. The first-order valence-corrected chi connectivity index (χ1v) is 9.55. The van der Waals surface area contributed by atoms with Crippen molar-refractivity contribution in [1.29, 1.82) is 0 Å². The summed E-state index contributed by atoms with van der Waals surface area (Å²) >= 11 is 0. The van der Waals surface area contributed by atoms with Gasteiger partial charge in [0.1, 0.15) is 0 Å². The molecular weight excluding hydrogens is 316 g/mol. The Kier molecular flexibility index (Phi) is 9.65. The molecule has 0 bridgehead atoms. The third kappa shape index (κ3) is 6.07. The summed E-state index contributed by atoms with van der Waals surface area (Å²) in [6, 6.07) is 6.46. The van der Waals surface area contributed by atoms with E-state index in [1.807, 2.05) is 27.7 Å². The van der Waals surface area contributed by atoms with Gasteiger partial charge in [-0.2, -0.15) is 0 Å². The minimum Gasteiger partial charge on any atom is -0.349 e. The number of benzene rings is 1. The molecule has 0 N–H and O–H groups in total. The van der Waals surface area contributed by atoms with Gasteiger partial charge in [-0.1, -0.05) is 32.9 Å². The highest BCUT2D eigenvalue weighted by molar-refractivity contribution is 5.37. The molecule has 0 saturated heterocycles. The van der Waals surface area contributed by atoms with Gasteiger partial charge in [0.15, 0.2) is 12.6 Å². The zero-order valence-corrected chi connectivity index (χ0v) is 17.1. The van der Waals surface area contributed by atoms with Crippen LogP contribution in [0.3, 0.4) is 0 Å². The Morgan fingerprint density at radius 3 is 1.56 bits per heavy atom. The molecule has 0 amide bonds. The normalized spacial score (nSPS) is 12.4. The molecule has 1 rings (SSSR count). The Bertz CT molecular complexity index is 487. The SMILES string of the molecule is CCOC(OCC)c1ccc(C(C)(C)CC)cc1C(OCC)OCC. The molecule has 0 saturated carbocycles. The van der Waals surface area contributed by atoms with Crippen molar-refractivity contribution in [3.63, 3.8) is 0 Å². The van der Waals surface area contributed by atoms with Crippen LogP contribution in [0.25, 0.3) is 0 Å². The molecule has 25 heavy (non-hydrogen) atoms. The number of hydrogen-bond donors (Lipinski definition) is 0.